The molecule has 1 aromatic rings. The van der Waals surface area contributed by atoms with Crippen molar-refractivity contribution in [1.82, 2.24) is 5.32 Å². The minimum Gasteiger partial charge on any atom is -0.306 e. The van der Waals surface area contributed by atoms with E-state index in [1.54, 1.807) is 13.8 Å². The lowest BCUT2D eigenvalue weighted by molar-refractivity contribution is -0.558. The molecule has 0 heterocycles. The lowest BCUT2D eigenvalue weighted by Gasteiger charge is -2.16. The van der Waals surface area contributed by atoms with Gasteiger partial charge in [-0.15, -0.1) is 0 Å². The second-order valence-corrected chi connectivity index (χ2v) is 4.66. The Morgan fingerprint density at radius 2 is 1.88 bits per heavy atom. The van der Waals surface area contributed by atoms with Crippen LogP contribution in [-0.4, -0.2) is 17.0 Å². The molecule has 0 radical (unpaired) electrons. The van der Waals surface area contributed by atoms with Gasteiger partial charge >= 0.3 is 0 Å². The zero-order valence-corrected chi connectivity index (χ0v) is 9.99. The Morgan fingerprint density at radius 1 is 1.31 bits per heavy atom. The summed E-state index contributed by atoms with van der Waals surface area (Å²) in [6.45, 7) is 6.31. The molecule has 0 aliphatic rings. The van der Waals surface area contributed by atoms with Crippen LogP contribution >= 0.6 is 0 Å². The molecule has 1 aromatic carbocycles. The molecule has 0 unspecified atom stereocenters. The monoisotopic (exact) mass is 222 g/mol. The third kappa shape index (κ3) is 3.62. The smallest absolute Gasteiger partial charge is 0.229 e. The van der Waals surface area contributed by atoms with Crippen molar-refractivity contribution in [2.24, 2.45) is 0 Å². The Hall–Kier alpha value is -1.42. The van der Waals surface area contributed by atoms with Crippen LogP contribution in [0.15, 0.2) is 24.3 Å². The highest BCUT2D eigenvalue weighted by atomic mass is 16.6. The minimum atomic E-state index is -0.912. The Labute approximate surface area is 95.8 Å². The molecular weight excluding hydrogens is 204 g/mol. The first-order valence-electron chi connectivity index (χ1n) is 5.32. The molecule has 4 nitrogen and oxygen atoms in total. The van der Waals surface area contributed by atoms with Crippen LogP contribution < -0.4 is 5.32 Å². The standard InChI is InChI=1S/C12H18N2O2/c1-10-4-6-11(7-5-10)8-13-9-12(2,3)14(15)16/h4-7,13H,8-9H2,1-3H3. The SMILES string of the molecule is Cc1ccc(CNCC(C)(C)[N+](=O)[O-])cc1. The number of nitro groups is 1. The summed E-state index contributed by atoms with van der Waals surface area (Å²) >= 11 is 0. The molecule has 1 rings (SSSR count). The highest BCUT2D eigenvalue weighted by Crippen LogP contribution is 2.07. The van der Waals surface area contributed by atoms with E-state index in [0.717, 1.165) is 5.56 Å². The Morgan fingerprint density at radius 3 is 2.38 bits per heavy atom. The number of hydrogen-bond acceptors (Lipinski definition) is 3. The molecule has 0 atom stereocenters. The van der Waals surface area contributed by atoms with Crippen molar-refractivity contribution in [3.63, 3.8) is 0 Å². The van der Waals surface area contributed by atoms with Crippen LogP contribution in [0.2, 0.25) is 0 Å². The maximum Gasteiger partial charge on any atom is 0.229 e. The fourth-order valence-corrected chi connectivity index (χ4v) is 1.28. The molecule has 0 fully saturated rings. The molecule has 0 spiro atoms. The first-order valence-corrected chi connectivity index (χ1v) is 5.32. The highest BCUT2D eigenvalue weighted by Gasteiger charge is 2.29. The first kappa shape index (κ1) is 12.6. The van der Waals surface area contributed by atoms with E-state index in [-0.39, 0.29) is 4.92 Å². The summed E-state index contributed by atoms with van der Waals surface area (Å²) in [6.07, 6.45) is 0. The number of aryl methyl sites for hydroxylation is 1. The van der Waals surface area contributed by atoms with Crippen LogP contribution in [-0.2, 0) is 6.54 Å². The van der Waals surface area contributed by atoms with E-state index in [2.05, 4.69) is 5.32 Å². The zero-order valence-electron chi connectivity index (χ0n) is 9.99. The predicted octanol–water partition coefficient (Wildman–Crippen LogP) is 2.14. The van der Waals surface area contributed by atoms with Crippen LogP contribution in [0.3, 0.4) is 0 Å². The van der Waals surface area contributed by atoms with Crippen molar-refractivity contribution in [2.45, 2.75) is 32.9 Å². The van der Waals surface area contributed by atoms with Gasteiger partial charge in [-0.25, -0.2) is 0 Å². The number of nitrogens with zero attached hydrogens (tertiary/aromatic N) is 1. The van der Waals surface area contributed by atoms with Gasteiger partial charge in [-0.3, -0.25) is 10.1 Å². The minimum absolute atomic E-state index is 0.255. The van der Waals surface area contributed by atoms with Gasteiger partial charge in [-0.2, -0.15) is 0 Å². The Balaban J connectivity index is 2.41. The number of rotatable bonds is 5. The van der Waals surface area contributed by atoms with E-state index in [1.807, 2.05) is 31.2 Å². The van der Waals surface area contributed by atoms with E-state index in [0.29, 0.717) is 13.1 Å². The molecular formula is C12H18N2O2. The van der Waals surface area contributed by atoms with Crippen LogP contribution in [0.5, 0.6) is 0 Å². The summed E-state index contributed by atoms with van der Waals surface area (Å²) in [5.41, 5.74) is 1.45. The molecule has 0 saturated carbocycles. The topological polar surface area (TPSA) is 55.2 Å². The van der Waals surface area contributed by atoms with Gasteiger partial charge in [0.05, 0.1) is 6.54 Å². The van der Waals surface area contributed by atoms with Crippen molar-refractivity contribution in [3.8, 4) is 0 Å². The predicted molar refractivity (Wildman–Crippen MR) is 64.0 cm³/mol. The molecule has 0 bridgehead atoms. The van der Waals surface area contributed by atoms with E-state index in [4.69, 9.17) is 0 Å². The summed E-state index contributed by atoms with van der Waals surface area (Å²) in [5.74, 6) is 0. The summed E-state index contributed by atoms with van der Waals surface area (Å²) in [7, 11) is 0. The molecule has 0 amide bonds. The van der Waals surface area contributed by atoms with E-state index < -0.39 is 5.54 Å². The molecule has 0 aliphatic heterocycles. The van der Waals surface area contributed by atoms with Gasteiger partial charge < -0.3 is 5.32 Å². The zero-order chi connectivity index (χ0) is 12.2. The Kier molecular flexibility index (Phi) is 4.01. The van der Waals surface area contributed by atoms with E-state index in [1.165, 1.54) is 5.56 Å². The van der Waals surface area contributed by atoms with Crippen LogP contribution in [0, 0.1) is 17.0 Å². The van der Waals surface area contributed by atoms with Gasteiger partial charge in [-0.05, 0) is 12.5 Å². The lowest BCUT2D eigenvalue weighted by atomic mass is 10.1. The third-order valence-corrected chi connectivity index (χ3v) is 2.50. The summed E-state index contributed by atoms with van der Waals surface area (Å²) in [5, 5.41) is 13.8. The van der Waals surface area contributed by atoms with E-state index >= 15 is 0 Å². The molecule has 4 heteroatoms. The molecule has 16 heavy (non-hydrogen) atoms. The van der Waals surface area contributed by atoms with Crippen molar-refractivity contribution in [3.05, 3.63) is 45.5 Å². The van der Waals surface area contributed by atoms with E-state index in [9.17, 15) is 10.1 Å². The second kappa shape index (κ2) is 5.07. The number of hydrogen-bond donors (Lipinski definition) is 1. The van der Waals surface area contributed by atoms with Crippen molar-refractivity contribution in [1.29, 1.82) is 0 Å². The highest BCUT2D eigenvalue weighted by molar-refractivity contribution is 5.21. The van der Waals surface area contributed by atoms with Gasteiger partial charge in [-0.1, -0.05) is 29.8 Å². The van der Waals surface area contributed by atoms with Gasteiger partial charge in [0.1, 0.15) is 0 Å². The third-order valence-electron chi connectivity index (χ3n) is 2.50. The maximum atomic E-state index is 10.7. The average molecular weight is 222 g/mol. The lowest BCUT2D eigenvalue weighted by Crippen LogP contribution is -2.41. The largest absolute Gasteiger partial charge is 0.306 e. The van der Waals surface area contributed by atoms with Crippen molar-refractivity contribution < 1.29 is 4.92 Å². The second-order valence-electron chi connectivity index (χ2n) is 4.66. The molecule has 0 aromatic heterocycles. The number of benzene rings is 1. The summed E-state index contributed by atoms with van der Waals surface area (Å²) in [4.78, 5) is 10.4. The average Bonchev–Trinajstić information content (AvgIpc) is 2.20. The Bertz CT molecular complexity index is 358. The van der Waals surface area contributed by atoms with Crippen LogP contribution in [0.1, 0.15) is 25.0 Å². The van der Waals surface area contributed by atoms with Gasteiger partial charge in [0.15, 0.2) is 0 Å². The van der Waals surface area contributed by atoms with Crippen LogP contribution in [0.4, 0.5) is 0 Å². The van der Waals surface area contributed by atoms with Gasteiger partial charge in [0.25, 0.3) is 0 Å². The van der Waals surface area contributed by atoms with Crippen LogP contribution in [0.25, 0.3) is 0 Å². The fraction of sp³-hybridized carbons (Fsp3) is 0.500. The van der Waals surface area contributed by atoms with Crippen molar-refractivity contribution in [2.75, 3.05) is 6.54 Å². The molecule has 0 aliphatic carbocycles. The quantitative estimate of drug-likeness (QED) is 0.613. The normalized spacial score (nSPS) is 11.4. The first-order chi connectivity index (χ1) is 7.42. The molecule has 0 saturated heterocycles. The summed E-state index contributed by atoms with van der Waals surface area (Å²) in [6, 6.07) is 8.13. The molecule has 88 valence electrons. The number of nitrogens with one attached hydrogen (secondary N) is 1. The van der Waals surface area contributed by atoms with Crippen molar-refractivity contribution >= 4 is 0 Å². The maximum absolute atomic E-state index is 10.7. The fourth-order valence-electron chi connectivity index (χ4n) is 1.28. The van der Waals surface area contributed by atoms with Gasteiger partial charge in [0, 0.05) is 25.3 Å². The summed E-state index contributed by atoms with van der Waals surface area (Å²) < 4.78 is 0. The van der Waals surface area contributed by atoms with Gasteiger partial charge in [0.2, 0.25) is 5.54 Å². The molecule has 1 N–H and O–H groups in total.